The van der Waals surface area contributed by atoms with E-state index in [4.69, 9.17) is 14.4 Å². The van der Waals surface area contributed by atoms with Gasteiger partial charge in [0.2, 0.25) is 5.89 Å². The number of nitrogens with zero attached hydrogens (tertiary/aromatic N) is 2. The molecule has 2 rings (SSSR count). The lowest BCUT2D eigenvalue weighted by Gasteiger charge is -2.02. The first-order chi connectivity index (χ1) is 8.20. The van der Waals surface area contributed by atoms with Crippen LogP contribution in [0.4, 0.5) is 0 Å². The third-order valence-corrected chi connectivity index (χ3v) is 3.14. The molecule has 0 aromatic carbocycles. The van der Waals surface area contributed by atoms with Crippen molar-refractivity contribution in [2.75, 3.05) is 13.7 Å². The summed E-state index contributed by atoms with van der Waals surface area (Å²) in [6, 6.07) is 0. The third-order valence-electron chi connectivity index (χ3n) is 3.14. The largest absolute Gasteiger partial charge is 0.481 e. The van der Waals surface area contributed by atoms with Gasteiger partial charge in [-0.3, -0.25) is 4.79 Å². The highest BCUT2D eigenvalue weighted by Crippen LogP contribution is 2.37. The lowest BCUT2D eigenvalue weighted by molar-refractivity contribution is -0.141. The Bertz CT molecular complexity index is 391. The normalized spacial score (nSPS) is 24.1. The van der Waals surface area contributed by atoms with Gasteiger partial charge in [0.1, 0.15) is 0 Å². The Balaban J connectivity index is 1.94. The maximum atomic E-state index is 10.8. The number of rotatable bonds is 5. The molecule has 1 aliphatic rings. The van der Waals surface area contributed by atoms with Gasteiger partial charge in [-0.2, -0.15) is 4.98 Å². The molecular weight excluding hydrogens is 224 g/mol. The fraction of sp³-hybridized carbons (Fsp3) is 0.727. The second kappa shape index (κ2) is 5.27. The Hall–Kier alpha value is -1.43. The van der Waals surface area contributed by atoms with Crippen LogP contribution in [0.5, 0.6) is 0 Å². The van der Waals surface area contributed by atoms with Crippen molar-refractivity contribution in [2.24, 2.45) is 5.92 Å². The Kier molecular flexibility index (Phi) is 3.73. The number of ether oxygens (including phenoxy) is 1. The number of methoxy groups -OCH3 is 1. The summed E-state index contributed by atoms with van der Waals surface area (Å²) in [5.41, 5.74) is 0. The van der Waals surface area contributed by atoms with Crippen LogP contribution in [-0.4, -0.2) is 34.9 Å². The number of aromatic nitrogens is 2. The topological polar surface area (TPSA) is 85.5 Å². The molecule has 94 valence electrons. The van der Waals surface area contributed by atoms with Crippen LogP contribution in [0.25, 0.3) is 0 Å². The number of carbonyl (C=O) groups is 1. The zero-order chi connectivity index (χ0) is 12.3. The van der Waals surface area contributed by atoms with Crippen LogP contribution >= 0.6 is 0 Å². The minimum atomic E-state index is -0.730. The minimum absolute atomic E-state index is 0.0971. The van der Waals surface area contributed by atoms with Gasteiger partial charge < -0.3 is 14.4 Å². The van der Waals surface area contributed by atoms with Crippen molar-refractivity contribution in [2.45, 2.75) is 31.6 Å². The van der Waals surface area contributed by atoms with Crippen LogP contribution in [0.3, 0.4) is 0 Å². The van der Waals surface area contributed by atoms with Gasteiger partial charge in [-0.1, -0.05) is 5.16 Å². The average Bonchev–Trinajstić information content (AvgIpc) is 2.94. The third kappa shape index (κ3) is 2.82. The number of hydrogen-bond donors (Lipinski definition) is 1. The first kappa shape index (κ1) is 12.0. The van der Waals surface area contributed by atoms with Crippen molar-refractivity contribution in [1.29, 1.82) is 0 Å². The number of aliphatic carboxylic acids is 1. The first-order valence-electron chi connectivity index (χ1n) is 5.75. The quantitative estimate of drug-likeness (QED) is 0.833. The summed E-state index contributed by atoms with van der Waals surface area (Å²) >= 11 is 0. The van der Waals surface area contributed by atoms with E-state index in [0.29, 0.717) is 37.6 Å². The maximum absolute atomic E-state index is 10.8. The van der Waals surface area contributed by atoms with Crippen molar-refractivity contribution in [3.05, 3.63) is 11.7 Å². The number of carboxylic acid groups (broad SMARTS) is 1. The summed E-state index contributed by atoms with van der Waals surface area (Å²) in [7, 11) is 1.62. The zero-order valence-corrected chi connectivity index (χ0v) is 9.76. The van der Waals surface area contributed by atoms with Crippen LogP contribution in [-0.2, 0) is 16.0 Å². The molecule has 1 aromatic heterocycles. The molecule has 1 aliphatic carbocycles. The molecule has 2 unspecified atom stereocenters. The number of hydrogen-bond acceptors (Lipinski definition) is 5. The molecule has 17 heavy (non-hydrogen) atoms. The molecule has 1 aromatic rings. The van der Waals surface area contributed by atoms with Crippen LogP contribution < -0.4 is 0 Å². The van der Waals surface area contributed by atoms with E-state index >= 15 is 0 Å². The molecule has 2 atom stereocenters. The van der Waals surface area contributed by atoms with Gasteiger partial charge in [0.05, 0.1) is 12.5 Å². The fourth-order valence-corrected chi connectivity index (χ4v) is 2.16. The monoisotopic (exact) mass is 240 g/mol. The van der Waals surface area contributed by atoms with Gasteiger partial charge in [0.25, 0.3) is 0 Å². The lowest BCUT2D eigenvalue weighted by Crippen LogP contribution is -2.09. The molecule has 0 spiro atoms. The summed E-state index contributed by atoms with van der Waals surface area (Å²) in [6.45, 7) is 0.557. The van der Waals surface area contributed by atoms with Crippen LogP contribution in [0.2, 0.25) is 0 Å². The molecule has 0 radical (unpaired) electrons. The summed E-state index contributed by atoms with van der Waals surface area (Å²) in [6.07, 6.45) is 2.72. The first-order valence-corrected chi connectivity index (χ1v) is 5.75. The molecule has 1 N–H and O–H groups in total. The average molecular weight is 240 g/mol. The Morgan fingerprint density at radius 2 is 2.41 bits per heavy atom. The van der Waals surface area contributed by atoms with Crippen LogP contribution in [0.1, 0.15) is 36.9 Å². The SMILES string of the molecule is COCCc1noc(C2CCC(C(=O)O)C2)n1. The van der Waals surface area contributed by atoms with Crippen molar-refractivity contribution >= 4 is 5.97 Å². The standard InChI is InChI=1S/C11H16N2O4/c1-16-5-4-9-12-10(17-13-9)7-2-3-8(6-7)11(14)15/h7-8H,2-6H2,1H3,(H,14,15). The van der Waals surface area contributed by atoms with Crippen molar-refractivity contribution < 1.29 is 19.2 Å². The second-order valence-electron chi connectivity index (χ2n) is 4.34. The van der Waals surface area contributed by atoms with E-state index in [1.807, 2.05) is 0 Å². The Morgan fingerprint density at radius 1 is 1.59 bits per heavy atom. The van der Waals surface area contributed by atoms with Gasteiger partial charge in [-0.15, -0.1) is 0 Å². The molecule has 0 bridgehead atoms. The maximum Gasteiger partial charge on any atom is 0.306 e. The fourth-order valence-electron chi connectivity index (χ4n) is 2.16. The summed E-state index contributed by atoms with van der Waals surface area (Å²) in [5.74, 6) is 0.293. The van der Waals surface area contributed by atoms with Gasteiger partial charge >= 0.3 is 5.97 Å². The minimum Gasteiger partial charge on any atom is -0.481 e. The molecule has 1 saturated carbocycles. The van der Waals surface area contributed by atoms with Crippen molar-refractivity contribution in [3.8, 4) is 0 Å². The lowest BCUT2D eigenvalue weighted by atomic mass is 10.1. The van der Waals surface area contributed by atoms with Gasteiger partial charge in [-0.25, -0.2) is 0 Å². The van der Waals surface area contributed by atoms with Crippen molar-refractivity contribution in [3.63, 3.8) is 0 Å². The van der Waals surface area contributed by atoms with Gasteiger partial charge in [0.15, 0.2) is 5.82 Å². The second-order valence-corrected chi connectivity index (χ2v) is 4.34. The van der Waals surface area contributed by atoms with E-state index in [2.05, 4.69) is 10.1 Å². The predicted molar refractivity (Wildman–Crippen MR) is 57.6 cm³/mol. The van der Waals surface area contributed by atoms with E-state index in [-0.39, 0.29) is 11.8 Å². The molecule has 6 heteroatoms. The molecule has 0 aliphatic heterocycles. The van der Waals surface area contributed by atoms with Crippen molar-refractivity contribution in [1.82, 2.24) is 10.1 Å². The highest BCUT2D eigenvalue weighted by Gasteiger charge is 2.33. The molecule has 0 amide bonds. The molecule has 1 fully saturated rings. The molecule has 1 heterocycles. The zero-order valence-electron chi connectivity index (χ0n) is 9.76. The Labute approximate surface area is 99.0 Å². The molecule has 0 saturated heterocycles. The van der Waals surface area contributed by atoms with E-state index in [1.54, 1.807) is 7.11 Å². The van der Waals surface area contributed by atoms with E-state index in [0.717, 1.165) is 6.42 Å². The van der Waals surface area contributed by atoms with E-state index in [1.165, 1.54) is 0 Å². The summed E-state index contributed by atoms with van der Waals surface area (Å²) in [4.78, 5) is 15.1. The van der Waals surface area contributed by atoms with E-state index < -0.39 is 5.97 Å². The van der Waals surface area contributed by atoms with E-state index in [9.17, 15) is 4.79 Å². The smallest absolute Gasteiger partial charge is 0.306 e. The summed E-state index contributed by atoms with van der Waals surface area (Å²) < 4.78 is 10.1. The van der Waals surface area contributed by atoms with Crippen LogP contribution in [0, 0.1) is 5.92 Å². The van der Waals surface area contributed by atoms with Gasteiger partial charge in [-0.05, 0) is 19.3 Å². The predicted octanol–water partition coefficient (Wildman–Crippen LogP) is 1.23. The highest BCUT2D eigenvalue weighted by atomic mass is 16.5. The molecule has 6 nitrogen and oxygen atoms in total. The number of carboxylic acids is 1. The highest BCUT2D eigenvalue weighted by molar-refractivity contribution is 5.70. The summed E-state index contributed by atoms with van der Waals surface area (Å²) in [5, 5.41) is 12.8. The Morgan fingerprint density at radius 3 is 3.06 bits per heavy atom. The van der Waals surface area contributed by atoms with Crippen LogP contribution in [0.15, 0.2) is 4.52 Å². The van der Waals surface area contributed by atoms with Gasteiger partial charge in [0, 0.05) is 19.4 Å². The molecular formula is C11H16N2O4.